The minimum atomic E-state index is -0.638. The molecule has 0 N–H and O–H groups in total. The Kier molecular flexibility index (Phi) is 144. The van der Waals surface area contributed by atoms with Crippen molar-refractivity contribution >= 4 is 1070 Å². The SMILES string of the molecule is II(I)I(I)I(I)I(I)I(I)I(I)I(I)I(I)I(I)I(I)I(I)I(I)I(I)I(I)I(I)I(I)I(I)I(I)I(I)I(I)I(I)I(I)I(I)I(I)I(I)I(I)I(I)I(I)I(I)I(I)I(I)I(I)I(I)I(I)I(I)I(I)I(I)I(I)I(I)I. The first-order chi connectivity index (χ1) is 36.3. The second kappa shape index (κ2) is 83.1. The average Bonchev–Trinajstić information content (AvgIpc) is 3.45. The van der Waals surface area contributed by atoms with Crippen LogP contribution in [-0.2, 0) is 0 Å². The molecule has 0 aliphatic carbocycles. The van der Waals surface area contributed by atoms with Crippen molar-refractivity contribution in [2.24, 2.45) is 0 Å². The topological polar surface area (TPSA) is 0 Å². The molecule has 0 atom stereocenters. The van der Waals surface area contributed by atoms with Gasteiger partial charge in [-0.2, -0.15) is 0 Å². The van der Waals surface area contributed by atoms with Crippen LogP contribution in [0.1, 0.15) is 0 Å². The molecular weight excluding hydrogens is 10200 g/mol. The molecule has 0 aromatic rings. The van der Waals surface area contributed by atoms with E-state index in [1.165, 1.54) is 0 Å². The first-order valence-electron chi connectivity index (χ1n) is 11.3. The summed E-state index contributed by atoms with van der Waals surface area (Å²) in [7, 11) is -23.0. The van der Waals surface area contributed by atoms with E-state index in [9.17, 15) is 0 Å². The molecule has 0 heterocycles. The van der Waals surface area contributed by atoms with Crippen molar-refractivity contribution in [3.05, 3.63) is 0 Å². The van der Waals surface area contributed by atoms with E-state index < -0.39 is 308 Å². The fourth-order valence-corrected chi connectivity index (χ4v) is 15500. The van der Waals surface area contributed by atoms with Gasteiger partial charge in [0.25, 0.3) is 0 Å². The van der Waals surface area contributed by atoms with Crippen LogP contribution in [0.3, 0.4) is 0 Å². The summed E-state index contributed by atoms with van der Waals surface area (Å²) < 4.78 is 0. The number of rotatable bonds is 38. The van der Waals surface area contributed by atoms with Gasteiger partial charge in [0.1, 0.15) is 0 Å². The van der Waals surface area contributed by atoms with Crippen molar-refractivity contribution in [2.75, 3.05) is 0 Å². The van der Waals surface area contributed by atoms with E-state index in [1.807, 2.05) is 0 Å². The van der Waals surface area contributed by atoms with E-state index >= 15 is 0 Å². The van der Waals surface area contributed by atoms with Gasteiger partial charge in [0.15, 0.2) is 0 Å². The first kappa shape index (κ1) is 138. The van der Waals surface area contributed by atoms with Crippen LogP contribution in [0, 0.1) is 0 Å². The summed E-state index contributed by atoms with van der Waals surface area (Å²) in [4.78, 5) is 0. The maximum atomic E-state index is 3.46. The zero-order chi connectivity index (χ0) is 63.5. The Balaban J connectivity index is 5.81. The first-order valence-corrected chi connectivity index (χ1v) is 508. The van der Waals surface area contributed by atoms with Gasteiger partial charge in [-0.05, 0) is 0 Å². The predicted octanol–water partition coefficient (Wildman–Crippen LogP) is 70.9. The van der Waals surface area contributed by atoms with Gasteiger partial charge in [0, 0.05) is 0 Å². The molecule has 0 saturated carbocycles. The summed E-state index contributed by atoms with van der Waals surface area (Å²) in [6, 6.07) is 0. The molecule has 0 aliphatic rings. The van der Waals surface area contributed by atoms with Crippen LogP contribution in [0.5, 0.6) is 0 Å². The van der Waals surface area contributed by atoms with E-state index in [0.29, 0.717) is 0 Å². The Morgan fingerprint density at radius 3 is 0.138 bits per heavy atom. The number of hydrogen-bond donors (Lipinski definition) is 0. The molecule has 0 rings (SSSR count). The summed E-state index contributed by atoms with van der Waals surface area (Å²) in [5.74, 6) is 0. The summed E-state index contributed by atoms with van der Waals surface area (Å²) in [5, 5.41) is 0. The molecule has 560 valence electrons. The van der Waals surface area contributed by atoms with Crippen molar-refractivity contribution in [1.29, 1.82) is 0 Å². The van der Waals surface area contributed by atoms with Gasteiger partial charge in [-0.15, -0.1) is 0 Å². The van der Waals surface area contributed by atoms with Crippen LogP contribution >= 0.6 is 1070 Å². The molecule has 80 heavy (non-hydrogen) atoms. The Labute approximate surface area is 1010 Å². The molecule has 0 aromatic heterocycles. The van der Waals surface area contributed by atoms with E-state index in [0.717, 1.165) is 0 Å². The van der Waals surface area contributed by atoms with Gasteiger partial charge < -0.3 is 0 Å². The standard InChI is InChI=1S/I80/c1-42(2)44(5)46(7)48(9)50(11)52(13)54(15)56(17)58(19)60(21)62(23)64(25)66(27)68(29)70(31)72(33)74(35)76(37)78(39)80(41)79(40)77(38)75(36)73(34)71(32)69(30)67(28)65(26)63(24)61(22)59(20)57(18)55(16)53(14)51(12)49(10)47(8)45(6)43(3)4. The third kappa shape index (κ3) is 56.5. The van der Waals surface area contributed by atoms with Crippen molar-refractivity contribution < 1.29 is 0 Å². The van der Waals surface area contributed by atoms with Crippen molar-refractivity contribution in [3.8, 4) is 0 Å². The fourth-order valence-electron chi connectivity index (χ4n) is 1.14. The molecule has 0 amide bonds. The maximum absolute atomic E-state index is 3.46. The molecule has 0 aromatic carbocycles. The molecule has 80 heteroatoms. The third-order valence-electron chi connectivity index (χ3n) is 3.10. The Hall–Kier alpha value is 58.4. The van der Waals surface area contributed by atoms with Crippen molar-refractivity contribution in [1.82, 2.24) is 0 Å². The predicted molar refractivity (Wildman–Crippen MR) is 1120 cm³/mol. The van der Waals surface area contributed by atoms with Crippen LogP contribution in [0.25, 0.3) is 0 Å². The molecule has 0 bridgehead atoms. The molecule has 0 saturated heterocycles. The van der Waals surface area contributed by atoms with Gasteiger partial charge in [-0.25, -0.2) is 0 Å². The van der Waals surface area contributed by atoms with E-state index in [-0.39, 0.29) is 0 Å². The van der Waals surface area contributed by atoms with Gasteiger partial charge in [-0.3, -0.25) is 0 Å². The second-order valence-corrected chi connectivity index (χ2v) is 1910. The van der Waals surface area contributed by atoms with Gasteiger partial charge in [0.2, 0.25) is 0 Å². The summed E-state index contributed by atoms with van der Waals surface area (Å²) in [6.45, 7) is 0. The molecule has 0 spiro atoms. The van der Waals surface area contributed by atoms with Crippen LogP contribution in [0.15, 0.2) is 0 Å². The third-order valence-corrected chi connectivity index (χ3v) is 6280. The monoisotopic (exact) mass is 10200 g/mol. The fraction of sp³-hybridized carbons (Fsp3) is 0. The van der Waals surface area contributed by atoms with Crippen LogP contribution in [0.4, 0.5) is 0 Å². The van der Waals surface area contributed by atoms with E-state index in [1.54, 1.807) is 0 Å². The number of halogens is 80. The molecule has 0 aliphatic heterocycles. The molecule has 0 fully saturated rings. The van der Waals surface area contributed by atoms with E-state index in [2.05, 4.69) is 763 Å². The molecular formula is I80. The van der Waals surface area contributed by atoms with Crippen molar-refractivity contribution in [3.63, 3.8) is 0 Å². The second-order valence-electron chi connectivity index (χ2n) is 6.32. The van der Waals surface area contributed by atoms with Crippen LogP contribution < -0.4 is 0 Å². The Morgan fingerprint density at radius 2 is 0.100 bits per heavy atom. The zero-order valence-corrected chi connectivity index (χ0v) is 203. The molecule has 0 nitrogen and oxygen atoms in total. The molecule has 0 unspecified atom stereocenters. The quantitative estimate of drug-likeness (QED) is 0.0541. The minimum absolute atomic E-state index is 0.484. The van der Waals surface area contributed by atoms with Crippen LogP contribution in [-0.4, -0.2) is 0 Å². The molecule has 0 radical (unpaired) electrons. The average molecular weight is 10200 g/mol. The van der Waals surface area contributed by atoms with Crippen molar-refractivity contribution in [2.45, 2.75) is 0 Å². The van der Waals surface area contributed by atoms with Crippen LogP contribution in [0.2, 0.25) is 0 Å². The Morgan fingerprint density at radius 1 is 0.0625 bits per heavy atom. The summed E-state index contributed by atoms with van der Waals surface area (Å²) in [5.41, 5.74) is 0. The zero-order valence-electron chi connectivity index (χ0n) is 30.2. The van der Waals surface area contributed by atoms with Gasteiger partial charge >= 0.3 is 1070 Å². The van der Waals surface area contributed by atoms with Gasteiger partial charge in [0.05, 0.1) is 0 Å². The van der Waals surface area contributed by atoms with Gasteiger partial charge in [-0.1, -0.05) is 0 Å². The Bertz CT molecular complexity index is 1490. The van der Waals surface area contributed by atoms with E-state index in [4.69, 9.17) is 0 Å². The normalized spacial score (nSPS) is 19.1. The number of hydrogen-bond acceptors (Lipinski definition) is 0. The summed E-state index contributed by atoms with van der Waals surface area (Å²) >= 11 is 138. The summed E-state index contributed by atoms with van der Waals surface area (Å²) in [6.07, 6.45) is 0.